The van der Waals surface area contributed by atoms with Gasteiger partial charge in [-0.3, -0.25) is 14.4 Å². The van der Waals surface area contributed by atoms with Gasteiger partial charge in [0.1, 0.15) is 0 Å². The van der Waals surface area contributed by atoms with Crippen LogP contribution < -0.4 is 5.32 Å². The molecule has 1 fully saturated rings. The topological polar surface area (TPSA) is 86.7 Å². The molecule has 6 nitrogen and oxygen atoms in total. The lowest BCUT2D eigenvalue weighted by molar-refractivity contribution is -0.138. The summed E-state index contributed by atoms with van der Waals surface area (Å²) in [5, 5.41) is 11.5. The standard InChI is InChI=1S/C14H24N2O4/c1-2-11(8-14(19)20)9-15-12(17)10-16-7-5-3-4-6-13(16)18/h11H,2-10H2,1H3,(H,15,17)(H,19,20). The van der Waals surface area contributed by atoms with Crippen LogP contribution in [0.2, 0.25) is 0 Å². The zero-order valence-electron chi connectivity index (χ0n) is 12.1. The van der Waals surface area contributed by atoms with Crippen LogP contribution in [0.4, 0.5) is 0 Å². The summed E-state index contributed by atoms with van der Waals surface area (Å²) >= 11 is 0. The maximum Gasteiger partial charge on any atom is 0.303 e. The molecule has 0 saturated carbocycles. The van der Waals surface area contributed by atoms with Crippen molar-refractivity contribution < 1.29 is 19.5 Å². The van der Waals surface area contributed by atoms with Crippen molar-refractivity contribution in [3.05, 3.63) is 0 Å². The van der Waals surface area contributed by atoms with Crippen LogP contribution in [-0.2, 0) is 14.4 Å². The molecular weight excluding hydrogens is 260 g/mol. The number of carboxylic acid groups (broad SMARTS) is 1. The van der Waals surface area contributed by atoms with E-state index in [1.165, 1.54) is 0 Å². The molecule has 6 heteroatoms. The lowest BCUT2D eigenvalue weighted by Crippen LogP contribution is -2.41. The van der Waals surface area contributed by atoms with Gasteiger partial charge in [-0.15, -0.1) is 0 Å². The smallest absolute Gasteiger partial charge is 0.303 e. The van der Waals surface area contributed by atoms with Gasteiger partial charge in [-0.2, -0.15) is 0 Å². The van der Waals surface area contributed by atoms with E-state index in [2.05, 4.69) is 5.32 Å². The van der Waals surface area contributed by atoms with Crippen molar-refractivity contribution in [1.82, 2.24) is 10.2 Å². The summed E-state index contributed by atoms with van der Waals surface area (Å²) in [6.07, 6.45) is 4.14. The number of rotatable bonds is 7. The number of hydrogen-bond donors (Lipinski definition) is 2. The van der Waals surface area contributed by atoms with Gasteiger partial charge in [-0.1, -0.05) is 19.8 Å². The van der Waals surface area contributed by atoms with E-state index in [0.29, 0.717) is 25.9 Å². The minimum atomic E-state index is -0.853. The Morgan fingerprint density at radius 1 is 1.35 bits per heavy atom. The molecule has 0 aromatic heterocycles. The Bertz CT molecular complexity index is 357. The van der Waals surface area contributed by atoms with E-state index in [1.54, 1.807) is 4.90 Å². The normalized spacial score (nSPS) is 17.4. The SMILES string of the molecule is CCC(CNC(=O)CN1CCCCCC1=O)CC(=O)O. The molecule has 2 N–H and O–H groups in total. The van der Waals surface area contributed by atoms with E-state index in [1.807, 2.05) is 6.92 Å². The van der Waals surface area contributed by atoms with Crippen LogP contribution in [0.1, 0.15) is 45.4 Å². The van der Waals surface area contributed by atoms with Gasteiger partial charge in [0.2, 0.25) is 11.8 Å². The summed E-state index contributed by atoms with van der Waals surface area (Å²) in [5.74, 6) is -1.08. The Labute approximate surface area is 119 Å². The average molecular weight is 284 g/mol. The predicted molar refractivity (Wildman–Crippen MR) is 74.1 cm³/mol. The number of carbonyl (C=O) groups is 3. The summed E-state index contributed by atoms with van der Waals surface area (Å²) in [6, 6.07) is 0. The highest BCUT2D eigenvalue weighted by atomic mass is 16.4. The number of nitrogens with one attached hydrogen (secondary N) is 1. The first kappa shape index (κ1) is 16.5. The van der Waals surface area contributed by atoms with Crippen LogP contribution in [-0.4, -0.2) is 47.4 Å². The summed E-state index contributed by atoms with van der Waals surface area (Å²) in [5.41, 5.74) is 0. The van der Waals surface area contributed by atoms with Crippen molar-refractivity contribution in [2.75, 3.05) is 19.6 Å². The number of amides is 2. The van der Waals surface area contributed by atoms with Gasteiger partial charge in [0.15, 0.2) is 0 Å². The van der Waals surface area contributed by atoms with Crippen LogP contribution in [0.3, 0.4) is 0 Å². The minimum absolute atomic E-state index is 0.0372. The molecule has 0 aromatic rings. The Morgan fingerprint density at radius 3 is 2.75 bits per heavy atom. The molecule has 0 aromatic carbocycles. The fourth-order valence-corrected chi connectivity index (χ4v) is 2.30. The molecule has 0 spiro atoms. The molecule has 0 aliphatic carbocycles. The third-order valence-corrected chi connectivity index (χ3v) is 3.63. The third kappa shape index (κ3) is 6.04. The van der Waals surface area contributed by atoms with Crippen LogP contribution in [0.15, 0.2) is 0 Å². The van der Waals surface area contributed by atoms with Crippen molar-refractivity contribution in [3.8, 4) is 0 Å². The lowest BCUT2D eigenvalue weighted by Gasteiger charge is -2.20. The van der Waals surface area contributed by atoms with E-state index in [-0.39, 0.29) is 30.7 Å². The van der Waals surface area contributed by atoms with Gasteiger partial charge in [0, 0.05) is 25.9 Å². The molecule has 20 heavy (non-hydrogen) atoms. The van der Waals surface area contributed by atoms with Gasteiger partial charge in [0.05, 0.1) is 6.54 Å². The largest absolute Gasteiger partial charge is 0.481 e. The van der Waals surface area contributed by atoms with Gasteiger partial charge in [-0.05, 0) is 18.8 Å². The summed E-state index contributed by atoms with van der Waals surface area (Å²) < 4.78 is 0. The van der Waals surface area contributed by atoms with Gasteiger partial charge in [-0.25, -0.2) is 0 Å². The number of nitrogens with zero attached hydrogens (tertiary/aromatic N) is 1. The van der Waals surface area contributed by atoms with Crippen LogP contribution in [0, 0.1) is 5.92 Å². The first-order valence-electron chi connectivity index (χ1n) is 7.29. The van der Waals surface area contributed by atoms with Gasteiger partial charge in [0.25, 0.3) is 0 Å². The molecule has 1 rings (SSSR count). The quantitative estimate of drug-likeness (QED) is 0.730. The van der Waals surface area contributed by atoms with Crippen LogP contribution in [0.25, 0.3) is 0 Å². The fraction of sp³-hybridized carbons (Fsp3) is 0.786. The van der Waals surface area contributed by atoms with E-state index in [4.69, 9.17) is 5.11 Å². The first-order valence-corrected chi connectivity index (χ1v) is 7.29. The molecule has 2 amide bonds. The average Bonchev–Trinajstić information content (AvgIpc) is 2.59. The Kier molecular flexibility index (Phi) is 7.04. The minimum Gasteiger partial charge on any atom is -0.481 e. The molecule has 1 atom stereocenters. The van der Waals surface area contributed by atoms with Crippen molar-refractivity contribution in [3.63, 3.8) is 0 Å². The molecule has 1 heterocycles. The zero-order valence-corrected chi connectivity index (χ0v) is 12.1. The van der Waals surface area contributed by atoms with Crippen molar-refractivity contribution in [2.45, 2.75) is 45.4 Å². The lowest BCUT2D eigenvalue weighted by atomic mass is 10.0. The fourth-order valence-electron chi connectivity index (χ4n) is 2.30. The number of carboxylic acids is 1. The molecule has 114 valence electrons. The van der Waals surface area contributed by atoms with Gasteiger partial charge < -0.3 is 15.3 Å². The van der Waals surface area contributed by atoms with Crippen molar-refractivity contribution in [2.24, 2.45) is 5.92 Å². The molecule has 1 aliphatic rings. The molecule has 0 bridgehead atoms. The number of likely N-dealkylation sites (tertiary alicyclic amines) is 1. The maximum atomic E-state index is 11.8. The Hall–Kier alpha value is -1.59. The molecular formula is C14H24N2O4. The highest BCUT2D eigenvalue weighted by molar-refractivity contribution is 5.84. The number of hydrogen-bond acceptors (Lipinski definition) is 3. The maximum absolute atomic E-state index is 11.8. The van der Waals surface area contributed by atoms with Gasteiger partial charge >= 0.3 is 5.97 Å². The van der Waals surface area contributed by atoms with E-state index >= 15 is 0 Å². The second-order valence-corrected chi connectivity index (χ2v) is 5.30. The monoisotopic (exact) mass is 284 g/mol. The summed E-state index contributed by atoms with van der Waals surface area (Å²) in [6.45, 7) is 2.97. The first-order chi connectivity index (χ1) is 9.52. The molecule has 1 saturated heterocycles. The van der Waals surface area contributed by atoms with E-state index in [0.717, 1.165) is 19.3 Å². The predicted octanol–water partition coefficient (Wildman–Crippen LogP) is 1.01. The second kappa shape index (κ2) is 8.55. The van der Waals surface area contributed by atoms with Crippen molar-refractivity contribution in [1.29, 1.82) is 0 Å². The van der Waals surface area contributed by atoms with Crippen LogP contribution >= 0.6 is 0 Å². The Morgan fingerprint density at radius 2 is 2.10 bits per heavy atom. The molecule has 1 aliphatic heterocycles. The van der Waals surface area contributed by atoms with E-state index in [9.17, 15) is 14.4 Å². The Balaban J connectivity index is 2.34. The summed E-state index contributed by atoms with van der Waals surface area (Å²) in [7, 11) is 0. The molecule has 0 radical (unpaired) electrons. The van der Waals surface area contributed by atoms with E-state index < -0.39 is 5.97 Å². The molecule has 1 unspecified atom stereocenters. The van der Waals surface area contributed by atoms with Crippen molar-refractivity contribution >= 4 is 17.8 Å². The number of aliphatic carboxylic acids is 1. The zero-order chi connectivity index (χ0) is 15.0. The second-order valence-electron chi connectivity index (χ2n) is 5.30. The highest BCUT2D eigenvalue weighted by Crippen LogP contribution is 2.11. The third-order valence-electron chi connectivity index (χ3n) is 3.63. The summed E-state index contributed by atoms with van der Waals surface area (Å²) in [4.78, 5) is 35.8. The van der Waals surface area contributed by atoms with Crippen LogP contribution in [0.5, 0.6) is 0 Å². The highest BCUT2D eigenvalue weighted by Gasteiger charge is 2.19. The number of carbonyl (C=O) groups excluding carboxylic acids is 2.